The molecule has 0 aliphatic rings. The summed E-state index contributed by atoms with van der Waals surface area (Å²) < 4.78 is 0. The van der Waals surface area contributed by atoms with E-state index < -0.39 is 0 Å². The second-order valence-corrected chi connectivity index (χ2v) is 15.3. The molecule has 8 aromatic carbocycles. The van der Waals surface area contributed by atoms with E-state index >= 15 is 0 Å². The number of nitrogens with zero attached hydrogens (tertiary/aromatic N) is 1. The highest BCUT2D eigenvalue weighted by Gasteiger charge is 2.24. The Kier molecular flexibility index (Phi) is 10.1. The molecule has 0 amide bonds. The Morgan fingerprint density at radius 2 is 0.836 bits per heavy atom. The van der Waals surface area contributed by atoms with Crippen LogP contribution in [0.3, 0.4) is 0 Å². The van der Waals surface area contributed by atoms with Crippen molar-refractivity contribution in [1.82, 2.24) is 0 Å². The van der Waals surface area contributed by atoms with Crippen molar-refractivity contribution in [1.29, 1.82) is 0 Å². The van der Waals surface area contributed by atoms with Crippen molar-refractivity contribution in [3.63, 3.8) is 0 Å². The SMILES string of the molecule is CC(C)(C)c1cc(-c2ccccc2)c(Nc2cc(Cl)cc(N(c3ccccc3)c3c(-c4ccccc4)cccc3-c3ccccc3)c2)c(-c2ccccc2)c1. The van der Waals surface area contributed by atoms with Gasteiger partial charge in [0.25, 0.3) is 0 Å². The topological polar surface area (TPSA) is 15.3 Å². The Labute approximate surface area is 330 Å². The summed E-state index contributed by atoms with van der Waals surface area (Å²) in [4.78, 5) is 2.35. The van der Waals surface area contributed by atoms with Crippen molar-refractivity contribution in [3.8, 4) is 44.5 Å². The smallest absolute Gasteiger partial charge is 0.0618 e. The molecule has 0 saturated heterocycles. The van der Waals surface area contributed by atoms with E-state index in [0.717, 1.165) is 72.9 Å². The predicted molar refractivity (Wildman–Crippen MR) is 236 cm³/mol. The summed E-state index contributed by atoms with van der Waals surface area (Å²) in [5.41, 5.74) is 15.2. The van der Waals surface area contributed by atoms with Gasteiger partial charge in [-0.1, -0.05) is 190 Å². The van der Waals surface area contributed by atoms with Gasteiger partial charge < -0.3 is 10.2 Å². The van der Waals surface area contributed by atoms with Crippen molar-refractivity contribution in [2.75, 3.05) is 10.2 Å². The maximum absolute atomic E-state index is 7.18. The van der Waals surface area contributed by atoms with E-state index in [1.54, 1.807) is 0 Å². The Bertz CT molecular complexity index is 2410. The van der Waals surface area contributed by atoms with E-state index in [1.807, 2.05) is 6.07 Å². The number of hydrogen-bond donors (Lipinski definition) is 1. The fourth-order valence-electron chi connectivity index (χ4n) is 7.29. The first-order valence-electron chi connectivity index (χ1n) is 18.8. The average molecular weight is 731 g/mol. The van der Waals surface area contributed by atoms with Crippen molar-refractivity contribution >= 4 is 40.0 Å². The third kappa shape index (κ3) is 7.69. The molecule has 55 heavy (non-hydrogen) atoms. The third-order valence-electron chi connectivity index (χ3n) is 10.0. The number of nitrogens with one attached hydrogen (secondary N) is 1. The Hall–Kier alpha value is -6.35. The van der Waals surface area contributed by atoms with Crippen molar-refractivity contribution in [2.45, 2.75) is 26.2 Å². The summed E-state index contributed by atoms with van der Waals surface area (Å²) in [6.07, 6.45) is 0. The normalized spacial score (nSPS) is 11.3. The van der Waals surface area contributed by atoms with Crippen LogP contribution in [0.4, 0.5) is 28.4 Å². The molecule has 8 rings (SSSR count). The molecule has 0 spiro atoms. The molecule has 0 aliphatic carbocycles. The number of benzene rings is 8. The molecule has 0 unspecified atom stereocenters. The molecule has 3 heteroatoms. The summed E-state index contributed by atoms with van der Waals surface area (Å²) >= 11 is 7.18. The van der Waals surface area contributed by atoms with Crippen molar-refractivity contribution in [3.05, 3.63) is 211 Å². The largest absolute Gasteiger partial charge is 0.354 e. The maximum atomic E-state index is 7.18. The lowest BCUT2D eigenvalue weighted by Crippen LogP contribution is -2.13. The van der Waals surface area contributed by atoms with E-state index in [9.17, 15) is 0 Å². The molecular weight excluding hydrogens is 688 g/mol. The summed E-state index contributed by atoms with van der Waals surface area (Å²) in [5.74, 6) is 0. The highest BCUT2D eigenvalue weighted by Crippen LogP contribution is 2.48. The monoisotopic (exact) mass is 730 g/mol. The molecule has 2 nitrogen and oxygen atoms in total. The number of rotatable bonds is 9. The minimum atomic E-state index is -0.0619. The van der Waals surface area contributed by atoms with Gasteiger partial charge >= 0.3 is 0 Å². The molecule has 0 fully saturated rings. The van der Waals surface area contributed by atoms with Gasteiger partial charge in [-0.25, -0.2) is 0 Å². The summed E-state index contributed by atoms with van der Waals surface area (Å²) in [5, 5.41) is 4.57. The molecule has 1 N–H and O–H groups in total. The van der Waals surface area contributed by atoms with Crippen molar-refractivity contribution < 1.29 is 0 Å². The number of para-hydroxylation sites is 2. The molecule has 0 atom stereocenters. The average Bonchev–Trinajstić information content (AvgIpc) is 3.22. The van der Waals surface area contributed by atoms with Crippen LogP contribution in [0.15, 0.2) is 200 Å². The highest BCUT2D eigenvalue weighted by atomic mass is 35.5. The quantitative estimate of drug-likeness (QED) is 0.159. The highest BCUT2D eigenvalue weighted by molar-refractivity contribution is 6.31. The van der Waals surface area contributed by atoms with E-state index in [0.29, 0.717) is 5.02 Å². The number of hydrogen-bond acceptors (Lipinski definition) is 2. The zero-order valence-electron chi connectivity index (χ0n) is 31.4. The molecule has 0 heterocycles. The summed E-state index contributed by atoms with van der Waals surface area (Å²) in [6, 6.07) is 70.7. The van der Waals surface area contributed by atoms with Crippen molar-refractivity contribution in [2.24, 2.45) is 0 Å². The first-order valence-corrected chi connectivity index (χ1v) is 19.2. The van der Waals surface area contributed by atoms with Gasteiger partial charge in [0.1, 0.15) is 0 Å². The van der Waals surface area contributed by atoms with Gasteiger partial charge in [-0.15, -0.1) is 0 Å². The predicted octanol–water partition coefficient (Wildman–Crippen LogP) is 15.5. The van der Waals surface area contributed by atoms with Gasteiger partial charge in [0.05, 0.1) is 11.4 Å². The van der Waals surface area contributed by atoms with Gasteiger partial charge in [0.15, 0.2) is 0 Å². The molecule has 0 aliphatic heterocycles. The lowest BCUT2D eigenvalue weighted by atomic mass is 9.82. The Balaban J connectivity index is 1.37. The van der Waals surface area contributed by atoms with Crippen LogP contribution in [0.2, 0.25) is 5.02 Å². The van der Waals surface area contributed by atoms with E-state index in [-0.39, 0.29) is 5.41 Å². The third-order valence-corrected chi connectivity index (χ3v) is 10.2. The minimum absolute atomic E-state index is 0.0619. The molecule has 0 radical (unpaired) electrons. The van der Waals surface area contributed by atoms with Crippen LogP contribution in [0.25, 0.3) is 44.5 Å². The van der Waals surface area contributed by atoms with E-state index in [1.165, 1.54) is 5.56 Å². The van der Waals surface area contributed by atoms with Crippen LogP contribution in [0.5, 0.6) is 0 Å². The van der Waals surface area contributed by atoms with E-state index in [4.69, 9.17) is 11.6 Å². The van der Waals surface area contributed by atoms with Gasteiger partial charge in [0, 0.05) is 44.3 Å². The minimum Gasteiger partial charge on any atom is -0.354 e. The fourth-order valence-corrected chi connectivity index (χ4v) is 7.52. The summed E-state index contributed by atoms with van der Waals surface area (Å²) in [6.45, 7) is 6.83. The molecular formula is C52H43ClN2. The fraction of sp³-hybridized carbons (Fsp3) is 0.0769. The second-order valence-electron chi connectivity index (χ2n) is 14.9. The van der Waals surface area contributed by atoms with Crippen LogP contribution in [0.1, 0.15) is 26.3 Å². The Morgan fingerprint density at radius 3 is 1.27 bits per heavy atom. The van der Waals surface area contributed by atoms with Crippen LogP contribution < -0.4 is 10.2 Å². The summed E-state index contributed by atoms with van der Waals surface area (Å²) in [7, 11) is 0. The molecule has 268 valence electrons. The molecule has 0 saturated carbocycles. The van der Waals surface area contributed by atoms with E-state index in [2.05, 4.69) is 225 Å². The maximum Gasteiger partial charge on any atom is 0.0618 e. The van der Waals surface area contributed by atoms with Crippen LogP contribution in [0, 0.1) is 0 Å². The second kappa shape index (κ2) is 15.6. The zero-order chi connectivity index (χ0) is 37.8. The zero-order valence-corrected chi connectivity index (χ0v) is 32.1. The lowest BCUT2D eigenvalue weighted by molar-refractivity contribution is 0.591. The first-order chi connectivity index (χ1) is 26.8. The van der Waals surface area contributed by atoms with Crippen LogP contribution in [-0.2, 0) is 5.41 Å². The standard InChI is InChI=1S/C52H43ClN2/c1-52(2,3)41-32-48(39-24-13-6-14-25-39)50(49(33-41)40-26-15-7-16-27-40)54-43-34-42(53)35-45(36-43)55(44-28-17-8-18-29-44)51-46(37-20-9-4-10-21-37)30-19-31-47(51)38-22-11-5-12-23-38/h4-36,54H,1-3H3. The van der Waals surface area contributed by atoms with Crippen LogP contribution >= 0.6 is 11.6 Å². The number of halogens is 1. The molecule has 0 bridgehead atoms. The molecule has 8 aromatic rings. The van der Waals surface area contributed by atoms with Gasteiger partial charge in [-0.3, -0.25) is 0 Å². The Morgan fingerprint density at radius 1 is 0.418 bits per heavy atom. The lowest BCUT2D eigenvalue weighted by Gasteiger charge is -2.31. The van der Waals surface area contributed by atoms with Gasteiger partial charge in [0.2, 0.25) is 0 Å². The molecule has 0 aromatic heterocycles. The van der Waals surface area contributed by atoms with Crippen LogP contribution in [-0.4, -0.2) is 0 Å². The first kappa shape index (κ1) is 35.7. The van der Waals surface area contributed by atoms with Gasteiger partial charge in [-0.2, -0.15) is 0 Å². The number of anilines is 5. The van der Waals surface area contributed by atoms with Gasteiger partial charge in [-0.05, 0) is 75.7 Å².